The van der Waals surface area contributed by atoms with Crippen LogP contribution in [0.15, 0.2) is 73.2 Å². The third-order valence-electron chi connectivity index (χ3n) is 4.61. The van der Waals surface area contributed by atoms with Crippen LogP contribution in [0, 0.1) is 5.82 Å². The molecule has 1 aromatic carbocycles. The number of fused-ring (bicyclic) bond motifs is 1. The molecular weight excluding hydrogens is 355 g/mol. The normalized spacial score (nSPS) is 12.1. The van der Waals surface area contributed by atoms with E-state index < -0.39 is 0 Å². The Morgan fingerprint density at radius 3 is 2.64 bits per heavy atom. The molecule has 0 aliphatic heterocycles. The van der Waals surface area contributed by atoms with Crippen LogP contribution in [-0.2, 0) is 0 Å². The highest BCUT2D eigenvalue weighted by Crippen LogP contribution is 2.20. The number of hydrogen-bond acceptors (Lipinski definition) is 3. The second kappa shape index (κ2) is 7.60. The molecule has 3 heterocycles. The number of halogens is 1. The van der Waals surface area contributed by atoms with Gasteiger partial charge < -0.3 is 9.72 Å². The van der Waals surface area contributed by atoms with Crippen LogP contribution in [-0.4, -0.2) is 20.3 Å². The molecule has 0 saturated heterocycles. The van der Waals surface area contributed by atoms with Crippen molar-refractivity contribution in [3.05, 3.63) is 90.3 Å². The summed E-state index contributed by atoms with van der Waals surface area (Å²) < 4.78 is 14.9. The van der Waals surface area contributed by atoms with Gasteiger partial charge in [-0.05, 0) is 55.0 Å². The summed E-state index contributed by atoms with van der Waals surface area (Å²) in [5.41, 5.74) is 3.62. The van der Waals surface area contributed by atoms with E-state index in [1.165, 1.54) is 12.1 Å². The summed E-state index contributed by atoms with van der Waals surface area (Å²) in [6.07, 6.45) is 6.04. The van der Waals surface area contributed by atoms with Crippen molar-refractivity contribution >= 4 is 11.6 Å². The Bertz CT molecular complexity index is 1110. The maximum Gasteiger partial charge on any atom is 0.253 e. The van der Waals surface area contributed by atoms with E-state index in [9.17, 15) is 9.18 Å². The second-order valence-corrected chi connectivity index (χ2v) is 6.51. The van der Waals surface area contributed by atoms with Crippen molar-refractivity contribution < 1.29 is 9.18 Å². The fourth-order valence-corrected chi connectivity index (χ4v) is 3.09. The number of aromatic nitrogens is 3. The molecule has 1 atom stereocenters. The van der Waals surface area contributed by atoms with Gasteiger partial charge in [-0.15, -0.1) is 0 Å². The van der Waals surface area contributed by atoms with Gasteiger partial charge in [0, 0.05) is 24.2 Å². The summed E-state index contributed by atoms with van der Waals surface area (Å²) >= 11 is 0. The molecule has 0 aliphatic rings. The molecule has 3 aromatic heterocycles. The molecule has 0 spiro atoms. The Morgan fingerprint density at radius 1 is 1.11 bits per heavy atom. The van der Waals surface area contributed by atoms with Gasteiger partial charge in [0.25, 0.3) is 5.91 Å². The SMILES string of the molecule is CC[C@@H](NC(=O)c1ccc2nc(-c3ccc(F)cc3)cn2c1)c1ccccn1. The zero-order chi connectivity index (χ0) is 19.5. The average Bonchev–Trinajstić information content (AvgIpc) is 3.16. The lowest BCUT2D eigenvalue weighted by Gasteiger charge is -2.16. The van der Waals surface area contributed by atoms with E-state index in [0.717, 1.165) is 23.4 Å². The molecule has 4 rings (SSSR count). The van der Waals surface area contributed by atoms with Crippen molar-refractivity contribution in [1.29, 1.82) is 0 Å². The van der Waals surface area contributed by atoms with Crippen LogP contribution in [0.3, 0.4) is 0 Å². The molecule has 0 unspecified atom stereocenters. The number of imidazole rings is 1. The van der Waals surface area contributed by atoms with Crippen LogP contribution in [0.1, 0.15) is 35.4 Å². The van der Waals surface area contributed by atoms with E-state index in [2.05, 4.69) is 15.3 Å². The summed E-state index contributed by atoms with van der Waals surface area (Å²) in [6, 6.07) is 15.2. The van der Waals surface area contributed by atoms with E-state index in [-0.39, 0.29) is 17.8 Å². The number of rotatable bonds is 5. The highest BCUT2D eigenvalue weighted by atomic mass is 19.1. The molecule has 0 fully saturated rings. The van der Waals surface area contributed by atoms with Gasteiger partial charge in [-0.1, -0.05) is 13.0 Å². The van der Waals surface area contributed by atoms with Crippen LogP contribution in [0.25, 0.3) is 16.9 Å². The number of pyridine rings is 2. The highest BCUT2D eigenvalue weighted by Gasteiger charge is 2.16. The Kier molecular flexibility index (Phi) is 4.85. The summed E-state index contributed by atoms with van der Waals surface area (Å²) in [6.45, 7) is 2.01. The minimum absolute atomic E-state index is 0.151. The molecular formula is C22H19FN4O. The Morgan fingerprint density at radius 2 is 1.93 bits per heavy atom. The van der Waals surface area contributed by atoms with Gasteiger partial charge in [0.1, 0.15) is 11.5 Å². The number of amides is 1. The molecule has 5 nitrogen and oxygen atoms in total. The molecule has 28 heavy (non-hydrogen) atoms. The smallest absolute Gasteiger partial charge is 0.253 e. The predicted octanol–water partition coefficient (Wildman–Crippen LogP) is 4.42. The summed E-state index contributed by atoms with van der Waals surface area (Å²) in [4.78, 5) is 21.6. The van der Waals surface area contributed by atoms with Crippen LogP contribution < -0.4 is 5.32 Å². The van der Waals surface area contributed by atoms with Gasteiger partial charge in [0.15, 0.2) is 0 Å². The fraction of sp³-hybridized carbons (Fsp3) is 0.136. The van der Waals surface area contributed by atoms with Gasteiger partial charge in [-0.25, -0.2) is 9.37 Å². The van der Waals surface area contributed by atoms with Crippen LogP contribution >= 0.6 is 0 Å². The van der Waals surface area contributed by atoms with Gasteiger partial charge in [0.05, 0.1) is 23.0 Å². The first-order chi connectivity index (χ1) is 13.6. The van der Waals surface area contributed by atoms with Crippen molar-refractivity contribution in [3.63, 3.8) is 0 Å². The molecule has 4 aromatic rings. The quantitative estimate of drug-likeness (QED) is 0.563. The Hall–Kier alpha value is -3.54. The van der Waals surface area contributed by atoms with Crippen molar-refractivity contribution in [2.24, 2.45) is 0 Å². The number of hydrogen-bond donors (Lipinski definition) is 1. The molecule has 0 saturated carbocycles. The van der Waals surface area contributed by atoms with Crippen LogP contribution in [0.4, 0.5) is 4.39 Å². The lowest BCUT2D eigenvalue weighted by molar-refractivity contribution is 0.0934. The Labute approximate surface area is 161 Å². The monoisotopic (exact) mass is 374 g/mol. The van der Waals surface area contributed by atoms with E-state index in [4.69, 9.17) is 0 Å². The van der Waals surface area contributed by atoms with E-state index in [1.807, 2.05) is 31.3 Å². The number of carbonyl (C=O) groups is 1. The van der Waals surface area contributed by atoms with Gasteiger partial charge in [-0.2, -0.15) is 0 Å². The van der Waals surface area contributed by atoms with Crippen molar-refractivity contribution in [3.8, 4) is 11.3 Å². The first kappa shape index (κ1) is 17.9. The lowest BCUT2D eigenvalue weighted by atomic mass is 10.1. The van der Waals surface area contributed by atoms with E-state index in [0.29, 0.717) is 11.2 Å². The molecule has 6 heteroatoms. The van der Waals surface area contributed by atoms with Crippen molar-refractivity contribution in [1.82, 2.24) is 19.7 Å². The second-order valence-electron chi connectivity index (χ2n) is 6.51. The standard InChI is InChI=1S/C22H19FN4O/c1-2-18(19-5-3-4-12-24-19)26-22(28)16-8-11-21-25-20(14-27(21)13-16)15-6-9-17(23)10-7-15/h3-14,18H,2H2,1H3,(H,26,28)/t18-/m1/s1. The van der Waals surface area contributed by atoms with Crippen LogP contribution in [0.5, 0.6) is 0 Å². The summed E-state index contributed by atoms with van der Waals surface area (Å²) in [5.74, 6) is -0.457. The zero-order valence-corrected chi connectivity index (χ0v) is 15.3. The molecule has 1 N–H and O–H groups in total. The van der Waals surface area contributed by atoms with Gasteiger partial charge >= 0.3 is 0 Å². The number of benzene rings is 1. The first-order valence-corrected chi connectivity index (χ1v) is 9.10. The highest BCUT2D eigenvalue weighted by molar-refractivity contribution is 5.94. The Balaban J connectivity index is 1.58. The third kappa shape index (κ3) is 3.62. The minimum Gasteiger partial charge on any atom is -0.344 e. The zero-order valence-electron chi connectivity index (χ0n) is 15.3. The topological polar surface area (TPSA) is 59.3 Å². The van der Waals surface area contributed by atoms with Gasteiger partial charge in [0.2, 0.25) is 0 Å². The predicted molar refractivity (Wildman–Crippen MR) is 105 cm³/mol. The van der Waals surface area contributed by atoms with Crippen LogP contribution in [0.2, 0.25) is 0 Å². The van der Waals surface area contributed by atoms with Gasteiger partial charge in [-0.3, -0.25) is 9.78 Å². The largest absolute Gasteiger partial charge is 0.344 e. The maximum atomic E-state index is 13.1. The first-order valence-electron chi connectivity index (χ1n) is 9.10. The number of nitrogens with one attached hydrogen (secondary N) is 1. The average molecular weight is 374 g/mol. The molecule has 1 amide bonds. The molecule has 0 radical (unpaired) electrons. The summed E-state index contributed by atoms with van der Waals surface area (Å²) in [7, 11) is 0. The molecule has 0 bridgehead atoms. The van der Waals surface area contributed by atoms with Crippen molar-refractivity contribution in [2.75, 3.05) is 0 Å². The molecule has 0 aliphatic carbocycles. The number of carbonyl (C=O) groups excluding carboxylic acids is 1. The van der Waals surface area contributed by atoms with E-state index >= 15 is 0 Å². The molecule has 140 valence electrons. The fourth-order valence-electron chi connectivity index (χ4n) is 3.09. The van der Waals surface area contributed by atoms with Crippen molar-refractivity contribution in [2.45, 2.75) is 19.4 Å². The maximum absolute atomic E-state index is 13.1. The third-order valence-corrected chi connectivity index (χ3v) is 4.61. The number of nitrogens with zero attached hydrogens (tertiary/aromatic N) is 3. The van der Waals surface area contributed by atoms with E-state index in [1.54, 1.807) is 41.1 Å². The lowest BCUT2D eigenvalue weighted by Crippen LogP contribution is -2.28. The minimum atomic E-state index is -0.287. The summed E-state index contributed by atoms with van der Waals surface area (Å²) in [5, 5.41) is 3.03.